The molecule has 0 saturated carbocycles. The van der Waals surface area contributed by atoms with Crippen LogP contribution in [0.4, 0.5) is 0 Å². The van der Waals surface area contributed by atoms with E-state index in [0.29, 0.717) is 17.7 Å². The lowest BCUT2D eigenvalue weighted by Crippen LogP contribution is -2.59. The number of fused-ring (bicyclic) bond motifs is 1. The van der Waals surface area contributed by atoms with Crippen molar-refractivity contribution in [3.63, 3.8) is 0 Å². The average Bonchev–Trinajstić information content (AvgIpc) is 2.89. The Morgan fingerprint density at radius 2 is 1.38 bits per heavy atom. The van der Waals surface area contributed by atoms with Crippen molar-refractivity contribution in [3.8, 4) is 0 Å². The van der Waals surface area contributed by atoms with Gasteiger partial charge in [0.25, 0.3) is 0 Å². The molecule has 6 atom stereocenters. The summed E-state index contributed by atoms with van der Waals surface area (Å²) in [4.78, 5) is 16.1. The van der Waals surface area contributed by atoms with Crippen LogP contribution in [0.1, 0.15) is 39.8 Å². The fourth-order valence-corrected chi connectivity index (χ4v) is 4.37. The smallest absolute Gasteiger partial charge is 0.248 e. The minimum Gasteiger partial charge on any atom is -0.394 e. The van der Waals surface area contributed by atoms with Gasteiger partial charge in [-0.25, -0.2) is 0 Å². The summed E-state index contributed by atoms with van der Waals surface area (Å²) in [7, 11) is 0. The summed E-state index contributed by atoms with van der Waals surface area (Å²) >= 11 is 0. The predicted molar refractivity (Wildman–Crippen MR) is 121 cm³/mol. The zero-order valence-corrected chi connectivity index (χ0v) is 18.4. The zero-order chi connectivity index (χ0) is 23.5. The Hall–Kier alpha value is -3.14. The lowest BCUT2D eigenvalue weighted by Gasteiger charge is -2.49. The fourth-order valence-electron chi connectivity index (χ4n) is 4.37. The number of aliphatic hydroxyl groups excluding tert-OH is 1. The molecule has 2 aliphatic rings. The first-order valence-corrected chi connectivity index (χ1v) is 11.2. The molecule has 1 amide bonds. The van der Waals surface area contributed by atoms with Crippen LogP contribution < -0.4 is 5.73 Å². The molecule has 1 aromatic heterocycles. The third-order valence-corrected chi connectivity index (χ3v) is 6.05. The van der Waals surface area contributed by atoms with Gasteiger partial charge in [-0.15, -0.1) is 0 Å². The lowest BCUT2D eigenvalue weighted by atomic mass is 9.95. The van der Waals surface area contributed by atoms with Crippen LogP contribution >= 0.6 is 0 Å². The van der Waals surface area contributed by atoms with Crippen molar-refractivity contribution in [2.75, 3.05) is 6.61 Å². The van der Waals surface area contributed by atoms with Gasteiger partial charge in [-0.05, 0) is 12.1 Å². The van der Waals surface area contributed by atoms with Gasteiger partial charge in [0.1, 0.15) is 18.3 Å². The molecular formula is C26H26N2O6. The molecule has 3 N–H and O–H groups in total. The number of carbonyl (C=O) groups excluding carboxylic acids is 1. The van der Waals surface area contributed by atoms with E-state index in [9.17, 15) is 9.90 Å². The molecular weight excluding hydrogens is 436 g/mol. The second kappa shape index (κ2) is 10.0. The van der Waals surface area contributed by atoms with Gasteiger partial charge in [0, 0.05) is 35.0 Å². The summed E-state index contributed by atoms with van der Waals surface area (Å²) in [6, 6.07) is 22.3. The molecule has 0 bridgehead atoms. The number of aliphatic hydroxyl groups is 1. The molecule has 0 spiro atoms. The highest BCUT2D eigenvalue weighted by Crippen LogP contribution is 2.41. The highest BCUT2D eigenvalue weighted by atomic mass is 16.8. The molecule has 0 radical (unpaired) electrons. The summed E-state index contributed by atoms with van der Waals surface area (Å²) in [5.41, 5.74) is 8.13. The van der Waals surface area contributed by atoms with Crippen molar-refractivity contribution in [2.45, 2.75) is 43.4 Å². The molecule has 2 aromatic carbocycles. The van der Waals surface area contributed by atoms with E-state index in [1.54, 1.807) is 18.3 Å². The normalized spacial score (nSPS) is 28.7. The van der Waals surface area contributed by atoms with Gasteiger partial charge in [0.05, 0.1) is 12.7 Å². The highest BCUT2D eigenvalue weighted by Gasteiger charge is 2.50. The second-order valence-corrected chi connectivity index (χ2v) is 8.32. The predicted octanol–water partition coefficient (Wildman–Crippen LogP) is 2.68. The lowest BCUT2D eigenvalue weighted by molar-refractivity contribution is -0.384. The van der Waals surface area contributed by atoms with Crippen LogP contribution in [0.2, 0.25) is 0 Å². The van der Waals surface area contributed by atoms with Gasteiger partial charge in [0.15, 0.2) is 12.6 Å². The van der Waals surface area contributed by atoms with Crippen LogP contribution in [0.5, 0.6) is 0 Å². The van der Waals surface area contributed by atoms with Gasteiger partial charge < -0.3 is 29.8 Å². The molecule has 2 saturated heterocycles. The maximum absolute atomic E-state index is 11.7. The minimum atomic E-state index is -0.688. The Balaban J connectivity index is 1.47. The second-order valence-electron chi connectivity index (χ2n) is 8.32. The van der Waals surface area contributed by atoms with Crippen molar-refractivity contribution >= 4 is 5.91 Å². The maximum atomic E-state index is 11.7. The molecule has 2 aliphatic heterocycles. The molecule has 8 nitrogen and oxygen atoms in total. The van der Waals surface area contributed by atoms with E-state index in [4.69, 9.17) is 24.7 Å². The number of primary amides is 1. The molecule has 5 rings (SSSR count). The summed E-state index contributed by atoms with van der Waals surface area (Å²) in [6.45, 7) is -0.239. The number of ether oxygens (including phenoxy) is 4. The van der Waals surface area contributed by atoms with Crippen molar-refractivity contribution < 1.29 is 28.8 Å². The van der Waals surface area contributed by atoms with Gasteiger partial charge in [0.2, 0.25) is 5.91 Å². The summed E-state index contributed by atoms with van der Waals surface area (Å²) in [5.74, 6) is -0.525. The standard InChI is InChI=1S/C26H26N2O6/c27-24(30)18-11-12-28-19(13-18)14-20-22-23(34-25(31-20)16-7-3-1-4-8-16)21(15-29)32-26(33-22)17-9-5-2-6-10-17/h1-13,20-23,25-26,29H,14-15H2,(H2,27,30)/t20-,21-,22+,23-,25?,26?/m1/s1. The Morgan fingerprint density at radius 1 is 0.824 bits per heavy atom. The van der Waals surface area contributed by atoms with Crippen molar-refractivity contribution in [2.24, 2.45) is 5.73 Å². The van der Waals surface area contributed by atoms with E-state index in [2.05, 4.69) is 4.98 Å². The number of pyridine rings is 1. The number of hydrogen-bond donors (Lipinski definition) is 2. The first-order valence-electron chi connectivity index (χ1n) is 11.2. The Kier molecular flexibility index (Phi) is 6.66. The molecule has 34 heavy (non-hydrogen) atoms. The first kappa shape index (κ1) is 22.6. The van der Waals surface area contributed by atoms with Crippen LogP contribution in [-0.2, 0) is 25.4 Å². The Labute approximate surface area is 197 Å². The third-order valence-electron chi connectivity index (χ3n) is 6.05. The van der Waals surface area contributed by atoms with Crippen LogP contribution in [-0.4, -0.2) is 47.0 Å². The number of aromatic nitrogens is 1. The van der Waals surface area contributed by atoms with Crippen molar-refractivity contribution in [3.05, 3.63) is 101 Å². The molecule has 2 fully saturated rings. The van der Waals surface area contributed by atoms with Crippen LogP contribution in [0.25, 0.3) is 0 Å². The number of amides is 1. The van der Waals surface area contributed by atoms with Crippen LogP contribution in [0.3, 0.4) is 0 Å². The molecule has 2 unspecified atom stereocenters. The van der Waals surface area contributed by atoms with Gasteiger partial charge in [-0.3, -0.25) is 9.78 Å². The van der Waals surface area contributed by atoms with Gasteiger partial charge in [-0.2, -0.15) is 0 Å². The Morgan fingerprint density at radius 3 is 1.94 bits per heavy atom. The zero-order valence-electron chi connectivity index (χ0n) is 18.4. The summed E-state index contributed by atoms with van der Waals surface area (Å²) in [6.07, 6.45) is -1.68. The third kappa shape index (κ3) is 4.72. The SMILES string of the molecule is NC(=O)c1ccnc(C[C@H]2OC(c3ccccc3)O[C@H]3[C@H]2OC(c2ccccc2)O[C@@H]3CO)c1. The van der Waals surface area contributed by atoms with E-state index >= 15 is 0 Å². The van der Waals surface area contributed by atoms with Gasteiger partial charge >= 0.3 is 0 Å². The number of nitrogens with zero attached hydrogens (tertiary/aromatic N) is 1. The van der Waals surface area contributed by atoms with Crippen molar-refractivity contribution in [1.82, 2.24) is 4.98 Å². The van der Waals surface area contributed by atoms with E-state index in [-0.39, 0.29) is 6.61 Å². The largest absolute Gasteiger partial charge is 0.394 e. The summed E-state index contributed by atoms with van der Waals surface area (Å²) in [5, 5.41) is 10.2. The molecule has 8 heteroatoms. The number of benzene rings is 2. The number of rotatable bonds is 6. The topological polar surface area (TPSA) is 113 Å². The number of carbonyl (C=O) groups is 1. The molecule has 0 aliphatic carbocycles. The molecule has 3 aromatic rings. The first-order chi connectivity index (χ1) is 16.6. The number of nitrogens with two attached hydrogens (primary N) is 1. The number of hydrogen-bond acceptors (Lipinski definition) is 7. The maximum Gasteiger partial charge on any atom is 0.248 e. The van der Waals surface area contributed by atoms with Gasteiger partial charge in [-0.1, -0.05) is 60.7 Å². The van der Waals surface area contributed by atoms with Crippen molar-refractivity contribution in [1.29, 1.82) is 0 Å². The van der Waals surface area contributed by atoms with E-state index < -0.39 is 42.9 Å². The fraction of sp³-hybridized carbons (Fsp3) is 0.308. The quantitative estimate of drug-likeness (QED) is 0.579. The summed E-state index contributed by atoms with van der Waals surface area (Å²) < 4.78 is 25.1. The van der Waals surface area contributed by atoms with Crippen LogP contribution in [0, 0.1) is 0 Å². The molecule has 176 valence electrons. The monoisotopic (exact) mass is 462 g/mol. The Bertz CT molecular complexity index is 1110. The van der Waals surface area contributed by atoms with Crippen LogP contribution in [0.15, 0.2) is 79.0 Å². The highest BCUT2D eigenvalue weighted by molar-refractivity contribution is 5.92. The van der Waals surface area contributed by atoms with E-state index in [1.807, 2.05) is 60.7 Å². The van der Waals surface area contributed by atoms with E-state index in [0.717, 1.165) is 11.1 Å². The van der Waals surface area contributed by atoms with E-state index in [1.165, 1.54) is 0 Å². The average molecular weight is 463 g/mol. The molecule has 3 heterocycles. The minimum absolute atomic E-state index is 0.239.